The molecule has 2 aromatic rings. The summed E-state index contributed by atoms with van der Waals surface area (Å²) in [5.74, 6) is -0.681. The van der Waals surface area contributed by atoms with Gasteiger partial charge in [-0.2, -0.15) is 0 Å². The average molecular weight is 305 g/mol. The Kier molecular flexibility index (Phi) is 5.14. The molecule has 0 spiro atoms. The Balaban J connectivity index is 2.05. The van der Waals surface area contributed by atoms with Crippen LogP contribution in [0.4, 0.5) is 20.2 Å². The minimum atomic E-state index is -0.358. The molecule has 0 bridgehead atoms. The van der Waals surface area contributed by atoms with Crippen LogP contribution in [-0.4, -0.2) is 6.61 Å². The molecule has 0 aliphatic heterocycles. The van der Waals surface area contributed by atoms with E-state index in [-0.39, 0.29) is 17.0 Å². The van der Waals surface area contributed by atoms with E-state index < -0.39 is 0 Å². The Hall–Kier alpha value is -1.94. The number of halogens is 2. The number of anilines is 2. The van der Waals surface area contributed by atoms with Gasteiger partial charge in [-0.05, 0) is 47.4 Å². The van der Waals surface area contributed by atoms with Crippen LogP contribution in [0.25, 0.3) is 0 Å². The standard InChI is InChI=1S/C18H21F2NO/c1-18(2,3)12-22-11-13-4-9-16(20)17(10-13)21-15-7-5-14(19)6-8-15/h4-10,21H,11-12H2,1-3H3. The number of rotatable bonds is 5. The monoisotopic (exact) mass is 305 g/mol. The van der Waals surface area contributed by atoms with Gasteiger partial charge in [0.25, 0.3) is 0 Å². The van der Waals surface area contributed by atoms with Crippen molar-refractivity contribution in [3.8, 4) is 0 Å². The van der Waals surface area contributed by atoms with Gasteiger partial charge in [-0.3, -0.25) is 0 Å². The summed E-state index contributed by atoms with van der Waals surface area (Å²) in [6.45, 7) is 7.35. The molecule has 0 heterocycles. The molecule has 2 rings (SSSR count). The largest absolute Gasteiger partial charge is 0.376 e. The molecule has 2 nitrogen and oxygen atoms in total. The maximum atomic E-state index is 13.9. The highest BCUT2D eigenvalue weighted by Crippen LogP contribution is 2.22. The van der Waals surface area contributed by atoms with Crippen LogP contribution in [-0.2, 0) is 11.3 Å². The fourth-order valence-electron chi connectivity index (χ4n) is 1.92. The zero-order valence-corrected chi connectivity index (χ0v) is 13.1. The highest BCUT2D eigenvalue weighted by atomic mass is 19.1. The Morgan fingerprint density at radius 1 is 1.00 bits per heavy atom. The van der Waals surface area contributed by atoms with Crippen molar-refractivity contribution < 1.29 is 13.5 Å². The molecule has 0 saturated carbocycles. The third-order valence-corrected chi connectivity index (χ3v) is 2.96. The van der Waals surface area contributed by atoms with Gasteiger partial charge >= 0.3 is 0 Å². The molecule has 118 valence electrons. The first-order valence-electron chi connectivity index (χ1n) is 7.22. The maximum Gasteiger partial charge on any atom is 0.146 e. The quantitative estimate of drug-likeness (QED) is 0.812. The summed E-state index contributed by atoms with van der Waals surface area (Å²) in [6.07, 6.45) is 0. The summed E-state index contributed by atoms with van der Waals surface area (Å²) in [5.41, 5.74) is 1.96. The molecule has 0 amide bonds. The van der Waals surface area contributed by atoms with E-state index in [4.69, 9.17) is 4.74 Å². The predicted molar refractivity (Wildman–Crippen MR) is 85.2 cm³/mol. The van der Waals surface area contributed by atoms with E-state index in [1.165, 1.54) is 18.2 Å². The van der Waals surface area contributed by atoms with E-state index in [1.807, 2.05) is 0 Å². The van der Waals surface area contributed by atoms with Crippen LogP contribution in [0.3, 0.4) is 0 Å². The molecular formula is C18H21F2NO. The van der Waals surface area contributed by atoms with Crippen molar-refractivity contribution in [3.05, 3.63) is 59.7 Å². The minimum absolute atomic E-state index is 0.0925. The van der Waals surface area contributed by atoms with Crippen molar-refractivity contribution >= 4 is 11.4 Å². The molecule has 0 aliphatic rings. The molecular weight excluding hydrogens is 284 g/mol. The predicted octanol–water partition coefficient (Wildman–Crippen LogP) is 5.27. The van der Waals surface area contributed by atoms with E-state index in [0.717, 1.165) is 5.56 Å². The van der Waals surface area contributed by atoms with Gasteiger partial charge < -0.3 is 10.1 Å². The smallest absolute Gasteiger partial charge is 0.146 e. The lowest BCUT2D eigenvalue weighted by molar-refractivity contribution is 0.0599. The summed E-state index contributed by atoms with van der Waals surface area (Å²) in [7, 11) is 0. The van der Waals surface area contributed by atoms with Gasteiger partial charge in [0, 0.05) is 5.69 Å². The second-order valence-electron chi connectivity index (χ2n) is 6.50. The minimum Gasteiger partial charge on any atom is -0.376 e. The first-order valence-corrected chi connectivity index (χ1v) is 7.22. The number of hydrogen-bond donors (Lipinski definition) is 1. The first kappa shape index (κ1) is 16.4. The average Bonchev–Trinajstić information content (AvgIpc) is 2.43. The SMILES string of the molecule is CC(C)(C)COCc1ccc(F)c(Nc2ccc(F)cc2)c1. The van der Waals surface area contributed by atoms with Crippen molar-refractivity contribution in [3.63, 3.8) is 0 Å². The van der Waals surface area contributed by atoms with Crippen LogP contribution in [0.2, 0.25) is 0 Å². The second kappa shape index (κ2) is 6.88. The Labute approximate surface area is 130 Å². The van der Waals surface area contributed by atoms with E-state index in [9.17, 15) is 8.78 Å². The summed E-state index contributed by atoms with van der Waals surface area (Å²) in [4.78, 5) is 0. The Morgan fingerprint density at radius 3 is 2.32 bits per heavy atom. The molecule has 4 heteroatoms. The van der Waals surface area contributed by atoms with Crippen LogP contribution in [0.1, 0.15) is 26.3 Å². The van der Waals surface area contributed by atoms with Crippen molar-refractivity contribution in [1.82, 2.24) is 0 Å². The van der Waals surface area contributed by atoms with Crippen LogP contribution in [0, 0.1) is 17.0 Å². The van der Waals surface area contributed by atoms with Crippen molar-refractivity contribution in [1.29, 1.82) is 0 Å². The lowest BCUT2D eigenvalue weighted by Gasteiger charge is -2.18. The van der Waals surface area contributed by atoms with Crippen LogP contribution in [0.5, 0.6) is 0 Å². The van der Waals surface area contributed by atoms with Gasteiger partial charge in [-0.25, -0.2) is 8.78 Å². The third kappa shape index (κ3) is 5.11. The number of ether oxygens (including phenoxy) is 1. The lowest BCUT2D eigenvalue weighted by atomic mass is 9.99. The molecule has 0 aliphatic carbocycles. The highest BCUT2D eigenvalue weighted by Gasteiger charge is 2.10. The fraction of sp³-hybridized carbons (Fsp3) is 0.333. The van der Waals surface area contributed by atoms with Gasteiger partial charge in [-0.1, -0.05) is 26.8 Å². The summed E-state index contributed by atoms with van der Waals surface area (Å²) in [5, 5.41) is 2.95. The van der Waals surface area contributed by atoms with Crippen LogP contribution < -0.4 is 5.32 Å². The normalized spacial score (nSPS) is 11.5. The lowest BCUT2D eigenvalue weighted by Crippen LogP contribution is -2.14. The van der Waals surface area contributed by atoms with Gasteiger partial charge in [0.05, 0.1) is 18.9 Å². The second-order valence-corrected chi connectivity index (χ2v) is 6.50. The van der Waals surface area contributed by atoms with E-state index >= 15 is 0 Å². The Morgan fingerprint density at radius 2 is 1.68 bits per heavy atom. The van der Waals surface area contributed by atoms with Gasteiger partial charge in [-0.15, -0.1) is 0 Å². The molecule has 0 aromatic heterocycles. The number of nitrogens with one attached hydrogen (secondary N) is 1. The molecule has 0 saturated heterocycles. The van der Waals surface area contributed by atoms with Crippen molar-refractivity contribution in [2.45, 2.75) is 27.4 Å². The molecule has 0 radical (unpaired) electrons. The zero-order chi connectivity index (χ0) is 16.2. The molecule has 0 unspecified atom stereocenters. The molecule has 0 atom stereocenters. The van der Waals surface area contributed by atoms with Gasteiger partial charge in [0.1, 0.15) is 11.6 Å². The van der Waals surface area contributed by atoms with Gasteiger partial charge in [0.2, 0.25) is 0 Å². The van der Waals surface area contributed by atoms with E-state index in [1.54, 1.807) is 24.3 Å². The molecule has 2 aromatic carbocycles. The van der Waals surface area contributed by atoms with Crippen molar-refractivity contribution in [2.75, 3.05) is 11.9 Å². The number of benzene rings is 2. The molecule has 1 N–H and O–H groups in total. The number of hydrogen-bond acceptors (Lipinski definition) is 2. The fourth-order valence-corrected chi connectivity index (χ4v) is 1.92. The Bertz CT molecular complexity index is 618. The van der Waals surface area contributed by atoms with Crippen molar-refractivity contribution in [2.24, 2.45) is 5.41 Å². The van der Waals surface area contributed by atoms with E-state index in [2.05, 4.69) is 26.1 Å². The summed E-state index contributed by atoms with van der Waals surface area (Å²) in [6, 6.07) is 10.6. The maximum absolute atomic E-state index is 13.9. The topological polar surface area (TPSA) is 21.3 Å². The van der Waals surface area contributed by atoms with E-state index in [0.29, 0.717) is 24.6 Å². The highest BCUT2D eigenvalue weighted by molar-refractivity contribution is 5.60. The molecule has 0 fully saturated rings. The van der Waals surface area contributed by atoms with Crippen LogP contribution in [0.15, 0.2) is 42.5 Å². The summed E-state index contributed by atoms with van der Waals surface area (Å²) < 4.78 is 32.4. The summed E-state index contributed by atoms with van der Waals surface area (Å²) >= 11 is 0. The zero-order valence-electron chi connectivity index (χ0n) is 13.1. The third-order valence-electron chi connectivity index (χ3n) is 2.96. The first-order chi connectivity index (χ1) is 10.3. The molecule has 22 heavy (non-hydrogen) atoms. The van der Waals surface area contributed by atoms with Crippen LogP contribution >= 0.6 is 0 Å². The van der Waals surface area contributed by atoms with Gasteiger partial charge in [0.15, 0.2) is 0 Å².